The first kappa shape index (κ1) is 10.4. The van der Waals surface area contributed by atoms with Crippen molar-refractivity contribution in [1.29, 1.82) is 0 Å². The van der Waals surface area contributed by atoms with Crippen molar-refractivity contribution in [3.05, 3.63) is 22.7 Å². The minimum absolute atomic E-state index is 0.869. The average Bonchev–Trinajstić information content (AvgIpc) is 2.03. The summed E-state index contributed by atoms with van der Waals surface area (Å²) >= 11 is 4.13. The topological polar surface area (TPSA) is 23.1 Å². The van der Waals surface area contributed by atoms with Gasteiger partial charge in [0.15, 0.2) is 4.90 Å². The zero-order valence-electron chi connectivity index (χ0n) is 6.83. The molecule has 0 N–H and O–H groups in total. The van der Waals surface area contributed by atoms with Crippen molar-refractivity contribution in [2.45, 2.75) is 9.79 Å². The van der Waals surface area contributed by atoms with Crippen molar-refractivity contribution in [2.24, 2.45) is 0 Å². The lowest BCUT2D eigenvalue weighted by atomic mass is 10.4. The fourth-order valence-corrected chi connectivity index (χ4v) is 2.77. The Kier molecular flexibility index (Phi) is 3.96. The first-order valence-corrected chi connectivity index (χ1v) is 6.89. The Morgan fingerprint density at radius 3 is 2.58 bits per heavy atom. The van der Waals surface area contributed by atoms with Gasteiger partial charge in [-0.2, -0.15) is 0 Å². The Bertz CT molecular complexity index is 276. The summed E-state index contributed by atoms with van der Waals surface area (Å²) in [6, 6.07) is 5.85. The molecule has 0 saturated heterocycles. The number of hydrogen-bond donors (Lipinski definition) is 0. The molecule has 1 aromatic rings. The molecule has 0 aliphatic rings. The van der Waals surface area contributed by atoms with Crippen LogP contribution in [-0.4, -0.2) is 17.1 Å². The van der Waals surface area contributed by atoms with E-state index in [0.717, 1.165) is 14.3 Å². The van der Waals surface area contributed by atoms with Crippen LogP contribution in [-0.2, 0) is 11.2 Å². The van der Waals surface area contributed by atoms with Crippen LogP contribution in [0.5, 0.6) is 0 Å². The van der Waals surface area contributed by atoms with Gasteiger partial charge in [0, 0.05) is 21.5 Å². The van der Waals surface area contributed by atoms with E-state index in [0.29, 0.717) is 0 Å². The van der Waals surface area contributed by atoms with Gasteiger partial charge in [0.2, 0.25) is 0 Å². The Balaban J connectivity index is 3.06. The molecule has 1 unspecified atom stereocenters. The Labute approximate surface area is 88.2 Å². The van der Waals surface area contributed by atoms with Gasteiger partial charge in [-0.3, -0.25) is 0 Å². The van der Waals surface area contributed by atoms with E-state index in [-0.39, 0.29) is 0 Å². The van der Waals surface area contributed by atoms with E-state index in [1.54, 1.807) is 18.0 Å². The highest BCUT2D eigenvalue weighted by molar-refractivity contribution is 9.10. The molecule has 0 heterocycles. The van der Waals surface area contributed by atoms with Crippen LogP contribution in [0.15, 0.2) is 32.5 Å². The molecule has 0 aromatic heterocycles. The second-order valence-electron chi connectivity index (χ2n) is 2.28. The van der Waals surface area contributed by atoms with Gasteiger partial charge in [0.1, 0.15) is 6.26 Å². The fourth-order valence-electron chi connectivity index (χ4n) is 0.821. The lowest BCUT2D eigenvalue weighted by Crippen LogP contribution is -1.96. The molecule has 66 valence electrons. The normalized spacial score (nSPS) is 13.0. The molecule has 1 aromatic carbocycles. The molecule has 0 amide bonds. The number of halogens is 1. The molecule has 4 heteroatoms. The number of rotatable bonds is 2. The van der Waals surface area contributed by atoms with Crippen LogP contribution in [0.25, 0.3) is 0 Å². The quantitative estimate of drug-likeness (QED) is 0.606. The third-order valence-electron chi connectivity index (χ3n) is 1.41. The summed E-state index contributed by atoms with van der Waals surface area (Å²) in [6.45, 7) is 0. The highest BCUT2D eigenvalue weighted by Crippen LogP contribution is 2.24. The summed E-state index contributed by atoms with van der Waals surface area (Å²) in [4.78, 5) is 2.00. The van der Waals surface area contributed by atoms with Crippen molar-refractivity contribution in [2.75, 3.05) is 12.5 Å². The summed E-state index contributed by atoms with van der Waals surface area (Å²) < 4.78 is 12.1. The zero-order valence-corrected chi connectivity index (χ0v) is 10.1. The predicted molar refractivity (Wildman–Crippen MR) is 58.3 cm³/mol. The average molecular weight is 265 g/mol. The van der Waals surface area contributed by atoms with E-state index in [4.69, 9.17) is 0 Å². The molecule has 0 bridgehead atoms. The lowest BCUT2D eigenvalue weighted by molar-refractivity contribution is 0.600. The van der Waals surface area contributed by atoms with Gasteiger partial charge in [-0.1, -0.05) is 15.9 Å². The van der Waals surface area contributed by atoms with Crippen LogP contribution in [0.2, 0.25) is 0 Å². The van der Waals surface area contributed by atoms with Gasteiger partial charge in [-0.05, 0) is 23.5 Å². The fraction of sp³-hybridized carbons (Fsp3) is 0.250. The number of hydrogen-bond acceptors (Lipinski definition) is 2. The minimum Gasteiger partial charge on any atom is -0.612 e. The second-order valence-corrected chi connectivity index (χ2v) is 5.46. The number of thioether (sulfide) groups is 1. The highest BCUT2D eigenvalue weighted by Gasteiger charge is 2.06. The van der Waals surface area contributed by atoms with Gasteiger partial charge < -0.3 is 4.55 Å². The monoisotopic (exact) mass is 264 g/mol. The molecular weight excluding hydrogens is 256 g/mol. The molecule has 0 fully saturated rings. The molecule has 0 aliphatic carbocycles. The highest BCUT2D eigenvalue weighted by atomic mass is 79.9. The minimum atomic E-state index is -0.894. The van der Waals surface area contributed by atoms with Gasteiger partial charge in [-0.15, -0.1) is 11.8 Å². The summed E-state index contributed by atoms with van der Waals surface area (Å²) in [5.41, 5.74) is 0. The van der Waals surface area contributed by atoms with Crippen LogP contribution in [0, 0.1) is 0 Å². The number of benzene rings is 1. The standard InChI is InChI=1S/C8H9BrOS2/c1-11-7-3-6(9)4-8(5-7)12(2)10/h3-5H,1-2H3. The van der Waals surface area contributed by atoms with Gasteiger partial charge in [-0.25, -0.2) is 0 Å². The van der Waals surface area contributed by atoms with E-state index in [2.05, 4.69) is 15.9 Å². The van der Waals surface area contributed by atoms with Crippen LogP contribution in [0.3, 0.4) is 0 Å². The van der Waals surface area contributed by atoms with Crippen molar-refractivity contribution in [3.8, 4) is 0 Å². The van der Waals surface area contributed by atoms with Gasteiger partial charge in [0.05, 0.1) is 0 Å². The summed E-state index contributed by atoms with van der Waals surface area (Å²) in [5, 5.41) is 0. The summed E-state index contributed by atoms with van der Waals surface area (Å²) in [6.07, 6.45) is 3.69. The van der Waals surface area contributed by atoms with E-state index in [1.807, 2.05) is 24.5 Å². The Morgan fingerprint density at radius 1 is 1.42 bits per heavy atom. The largest absolute Gasteiger partial charge is 0.612 e. The first-order chi connectivity index (χ1) is 5.63. The molecule has 1 atom stereocenters. The van der Waals surface area contributed by atoms with Crippen LogP contribution < -0.4 is 0 Å². The van der Waals surface area contributed by atoms with Gasteiger partial charge in [0.25, 0.3) is 0 Å². The van der Waals surface area contributed by atoms with Gasteiger partial charge >= 0.3 is 0 Å². The first-order valence-electron chi connectivity index (χ1n) is 3.31. The third-order valence-corrected chi connectivity index (χ3v) is 3.48. The summed E-state index contributed by atoms with van der Waals surface area (Å²) in [5.74, 6) is 0. The van der Waals surface area contributed by atoms with E-state index >= 15 is 0 Å². The van der Waals surface area contributed by atoms with E-state index < -0.39 is 11.2 Å². The summed E-state index contributed by atoms with van der Waals surface area (Å²) in [7, 11) is 0. The maximum Gasteiger partial charge on any atom is 0.154 e. The zero-order chi connectivity index (χ0) is 9.14. The molecule has 12 heavy (non-hydrogen) atoms. The van der Waals surface area contributed by atoms with E-state index in [1.165, 1.54) is 0 Å². The molecule has 0 radical (unpaired) electrons. The SMILES string of the molecule is CSc1cc(Br)cc([S+](C)[O-])c1. The van der Waals surface area contributed by atoms with Crippen molar-refractivity contribution < 1.29 is 4.55 Å². The van der Waals surface area contributed by atoms with Crippen molar-refractivity contribution in [1.82, 2.24) is 0 Å². The third kappa shape index (κ3) is 2.69. The second kappa shape index (κ2) is 4.56. The maximum atomic E-state index is 11.1. The molecule has 0 spiro atoms. The molecular formula is C8H9BrOS2. The van der Waals surface area contributed by atoms with Crippen molar-refractivity contribution in [3.63, 3.8) is 0 Å². The van der Waals surface area contributed by atoms with Crippen molar-refractivity contribution >= 4 is 38.9 Å². The molecule has 0 aliphatic heterocycles. The Hall–Kier alpha value is 0.360. The predicted octanol–water partition coefficient (Wildman–Crippen LogP) is 2.91. The molecule has 1 rings (SSSR count). The molecule has 0 saturated carbocycles. The van der Waals surface area contributed by atoms with E-state index in [9.17, 15) is 4.55 Å². The van der Waals surface area contributed by atoms with Crippen LogP contribution in [0.1, 0.15) is 0 Å². The smallest absolute Gasteiger partial charge is 0.154 e. The lowest BCUT2D eigenvalue weighted by Gasteiger charge is -2.05. The van der Waals surface area contributed by atoms with Crippen LogP contribution >= 0.6 is 27.7 Å². The maximum absolute atomic E-state index is 11.1. The Morgan fingerprint density at radius 2 is 2.08 bits per heavy atom. The molecule has 1 nitrogen and oxygen atoms in total. The van der Waals surface area contributed by atoms with Crippen LogP contribution in [0.4, 0.5) is 0 Å².